The molecule has 3 atom stereocenters. The number of likely N-dealkylation sites (tertiary alicyclic amines) is 1. The summed E-state index contributed by atoms with van der Waals surface area (Å²) in [6.07, 6.45) is 3.67. The number of methoxy groups -OCH3 is 1. The molecule has 1 saturated heterocycles. The maximum atomic E-state index is 5.84. The van der Waals surface area contributed by atoms with Crippen molar-refractivity contribution < 1.29 is 4.74 Å². The van der Waals surface area contributed by atoms with E-state index in [1.807, 2.05) is 6.92 Å². The Kier molecular flexibility index (Phi) is 12.3. The number of halogens is 1. The summed E-state index contributed by atoms with van der Waals surface area (Å²) in [5.41, 5.74) is 5.84. The molecule has 1 fully saturated rings. The number of nitrogens with one attached hydrogen (secondary N) is 1. The van der Waals surface area contributed by atoms with Crippen LogP contribution in [0.1, 0.15) is 40.0 Å². The van der Waals surface area contributed by atoms with Gasteiger partial charge in [0.25, 0.3) is 0 Å². The van der Waals surface area contributed by atoms with E-state index in [9.17, 15) is 0 Å². The second kappa shape index (κ2) is 12.4. The molecular formula is C16H35IN4O. The van der Waals surface area contributed by atoms with Crippen molar-refractivity contribution in [2.24, 2.45) is 22.6 Å². The van der Waals surface area contributed by atoms with Crippen LogP contribution >= 0.6 is 24.0 Å². The van der Waals surface area contributed by atoms with Crippen LogP contribution in [0, 0.1) is 11.8 Å². The van der Waals surface area contributed by atoms with Crippen LogP contribution in [0.15, 0.2) is 4.99 Å². The van der Waals surface area contributed by atoms with Crippen LogP contribution in [0.3, 0.4) is 0 Å². The van der Waals surface area contributed by atoms with Gasteiger partial charge in [0.2, 0.25) is 0 Å². The number of guanidine groups is 1. The molecule has 0 aromatic rings. The summed E-state index contributed by atoms with van der Waals surface area (Å²) < 4.78 is 5.05. The molecule has 132 valence electrons. The summed E-state index contributed by atoms with van der Waals surface area (Å²) in [6, 6.07) is 0.204. The van der Waals surface area contributed by atoms with E-state index in [1.54, 1.807) is 7.11 Å². The quantitative estimate of drug-likeness (QED) is 0.271. The molecule has 22 heavy (non-hydrogen) atoms. The zero-order chi connectivity index (χ0) is 15.7. The van der Waals surface area contributed by atoms with Crippen LogP contribution < -0.4 is 11.1 Å². The van der Waals surface area contributed by atoms with Gasteiger partial charge in [-0.3, -0.25) is 4.99 Å². The zero-order valence-corrected chi connectivity index (χ0v) is 17.0. The largest absolute Gasteiger partial charge is 0.383 e. The van der Waals surface area contributed by atoms with Gasteiger partial charge in [-0.15, -0.1) is 24.0 Å². The molecule has 6 heteroatoms. The average Bonchev–Trinajstić information content (AvgIpc) is 2.37. The SMILES string of the molecule is COCC(C)NC(N)=NCCCCN1CC(C)CC(C)C1.I. The fraction of sp³-hybridized carbons (Fsp3) is 0.938. The standard InChI is InChI=1S/C16H34N4O.HI/c1-13-9-14(2)11-20(10-13)8-6-5-7-18-16(17)19-15(3)12-21-4;/h13-15H,5-12H2,1-4H3,(H3,17,18,19);1H. The van der Waals surface area contributed by atoms with E-state index < -0.39 is 0 Å². The van der Waals surface area contributed by atoms with Crippen molar-refractivity contribution in [3.8, 4) is 0 Å². The highest BCUT2D eigenvalue weighted by Crippen LogP contribution is 2.20. The maximum absolute atomic E-state index is 5.84. The van der Waals surface area contributed by atoms with Gasteiger partial charge in [-0.2, -0.15) is 0 Å². The van der Waals surface area contributed by atoms with Gasteiger partial charge in [0.1, 0.15) is 0 Å². The van der Waals surface area contributed by atoms with Crippen LogP contribution in [0.25, 0.3) is 0 Å². The molecule has 0 aromatic carbocycles. The monoisotopic (exact) mass is 426 g/mol. The highest BCUT2D eigenvalue weighted by molar-refractivity contribution is 14.0. The number of nitrogens with two attached hydrogens (primary N) is 1. The number of nitrogens with zero attached hydrogens (tertiary/aromatic N) is 2. The molecule has 5 nitrogen and oxygen atoms in total. The molecule has 0 amide bonds. The number of ether oxygens (including phenoxy) is 1. The molecule has 0 aliphatic carbocycles. The Balaban J connectivity index is 0.00000441. The molecule has 0 saturated carbocycles. The van der Waals surface area contributed by atoms with Crippen LogP contribution in [-0.4, -0.2) is 56.8 Å². The van der Waals surface area contributed by atoms with E-state index >= 15 is 0 Å². The number of aliphatic imine (C=N–C) groups is 1. The van der Waals surface area contributed by atoms with Gasteiger partial charge in [0.15, 0.2) is 5.96 Å². The molecule has 0 radical (unpaired) electrons. The molecule has 1 heterocycles. The Morgan fingerprint density at radius 3 is 2.55 bits per heavy atom. The van der Waals surface area contributed by atoms with E-state index in [2.05, 4.69) is 29.1 Å². The number of hydrogen-bond acceptors (Lipinski definition) is 3. The smallest absolute Gasteiger partial charge is 0.188 e. The molecule has 0 bridgehead atoms. The first kappa shape index (κ1) is 21.9. The molecule has 0 aromatic heterocycles. The van der Waals surface area contributed by atoms with Gasteiger partial charge >= 0.3 is 0 Å². The number of hydrogen-bond donors (Lipinski definition) is 2. The van der Waals surface area contributed by atoms with Crippen molar-refractivity contribution in [3.05, 3.63) is 0 Å². The van der Waals surface area contributed by atoms with Crippen LogP contribution in [0.2, 0.25) is 0 Å². The third kappa shape index (κ3) is 9.84. The Hall–Kier alpha value is -0.0800. The minimum Gasteiger partial charge on any atom is -0.383 e. The number of piperidine rings is 1. The number of unbranched alkanes of at least 4 members (excludes halogenated alkanes) is 1. The van der Waals surface area contributed by atoms with Crippen LogP contribution in [-0.2, 0) is 4.74 Å². The zero-order valence-electron chi connectivity index (χ0n) is 14.7. The minimum absolute atomic E-state index is 0. The molecule has 1 aliphatic heterocycles. The fourth-order valence-electron chi connectivity index (χ4n) is 3.21. The van der Waals surface area contributed by atoms with Gasteiger partial charge in [-0.25, -0.2) is 0 Å². The van der Waals surface area contributed by atoms with E-state index in [0.29, 0.717) is 12.6 Å². The topological polar surface area (TPSA) is 62.9 Å². The Morgan fingerprint density at radius 1 is 1.32 bits per heavy atom. The normalized spacial score (nSPS) is 24.6. The van der Waals surface area contributed by atoms with Crippen molar-refractivity contribution >= 4 is 29.9 Å². The lowest BCUT2D eigenvalue weighted by atomic mass is 9.92. The first-order valence-corrected chi connectivity index (χ1v) is 8.29. The molecular weight excluding hydrogens is 391 g/mol. The summed E-state index contributed by atoms with van der Waals surface area (Å²) >= 11 is 0. The van der Waals surface area contributed by atoms with E-state index in [-0.39, 0.29) is 30.0 Å². The molecule has 3 N–H and O–H groups in total. The van der Waals surface area contributed by atoms with E-state index in [4.69, 9.17) is 10.5 Å². The summed E-state index contributed by atoms with van der Waals surface area (Å²) in [6.45, 7) is 11.9. The van der Waals surface area contributed by atoms with Crippen molar-refractivity contribution in [1.82, 2.24) is 10.2 Å². The minimum atomic E-state index is 0. The first-order chi connectivity index (χ1) is 10.0. The van der Waals surface area contributed by atoms with E-state index in [0.717, 1.165) is 24.8 Å². The van der Waals surface area contributed by atoms with Gasteiger partial charge < -0.3 is 20.7 Å². The Labute approximate surface area is 153 Å². The van der Waals surface area contributed by atoms with Gasteiger partial charge in [0, 0.05) is 32.8 Å². The summed E-state index contributed by atoms with van der Waals surface area (Å²) in [5.74, 6) is 2.21. The van der Waals surface area contributed by atoms with E-state index in [1.165, 1.54) is 32.5 Å². The Bertz CT molecular complexity index is 305. The van der Waals surface area contributed by atoms with Crippen LogP contribution in [0.5, 0.6) is 0 Å². The van der Waals surface area contributed by atoms with Crippen molar-refractivity contribution in [2.75, 3.05) is 39.9 Å². The predicted molar refractivity (Wildman–Crippen MR) is 105 cm³/mol. The molecule has 1 aliphatic rings. The van der Waals surface area contributed by atoms with Crippen LogP contribution in [0.4, 0.5) is 0 Å². The summed E-state index contributed by atoms with van der Waals surface area (Å²) in [5, 5.41) is 3.12. The molecule has 3 unspecified atom stereocenters. The highest BCUT2D eigenvalue weighted by Gasteiger charge is 2.20. The number of rotatable bonds is 8. The fourth-order valence-corrected chi connectivity index (χ4v) is 3.21. The maximum Gasteiger partial charge on any atom is 0.188 e. The van der Waals surface area contributed by atoms with Crippen molar-refractivity contribution in [2.45, 2.75) is 46.1 Å². The van der Waals surface area contributed by atoms with Gasteiger partial charge in [-0.05, 0) is 44.6 Å². The lowest BCUT2D eigenvalue weighted by Gasteiger charge is -2.34. The van der Waals surface area contributed by atoms with Crippen molar-refractivity contribution in [1.29, 1.82) is 0 Å². The predicted octanol–water partition coefficient (Wildman–Crippen LogP) is 2.30. The van der Waals surface area contributed by atoms with Gasteiger partial charge in [0.05, 0.1) is 6.61 Å². The van der Waals surface area contributed by atoms with Gasteiger partial charge in [-0.1, -0.05) is 13.8 Å². The average molecular weight is 426 g/mol. The molecule has 0 spiro atoms. The second-order valence-electron chi connectivity index (χ2n) is 6.68. The summed E-state index contributed by atoms with van der Waals surface area (Å²) in [4.78, 5) is 6.97. The van der Waals surface area contributed by atoms with Crippen molar-refractivity contribution in [3.63, 3.8) is 0 Å². The third-order valence-electron chi connectivity index (χ3n) is 3.92. The third-order valence-corrected chi connectivity index (χ3v) is 3.92. The Morgan fingerprint density at radius 2 is 1.95 bits per heavy atom. The molecule has 1 rings (SSSR count). The lowest BCUT2D eigenvalue weighted by molar-refractivity contribution is 0.139. The summed E-state index contributed by atoms with van der Waals surface area (Å²) in [7, 11) is 1.69. The highest BCUT2D eigenvalue weighted by atomic mass is 127. The first-order valence-electron chi connectivity index (χ1n) is 8.29. The second-order valence-corrected chi connectivity index (χ2v) is 6.68. The lowest BCUT2D eigenvalue weighted by Crippen LogP contribution is -2.40.